The highest BCUT2D eigenvalue weighted by Crippen LogP contribution is 2.60. The molecule has 4 aliphatic rings. The minimum Gasteiger partial charge on any atom is -0.466 e. The van der Waals surface area contributed by atoms with Crippen LogP contribution in [0.3, 0.4) is 0 Å². The minimum absolute atomic E-state index is 0.0143. The first-order valence-corrected chi connectivity index (χ1v) is 24.1. The molecule has 4 heteroatoms. The Labute approximate surface area is 392 Å². The number of hydrogen-bond acceptors (Lipinski definition) is 3. The summed E-state index contributed by atoms with van der Waals surface area (Å²) in [5.74, 6) is 0. The monoisotopic (exact) mass is 860 g/mol. The van der Waals surface area contributed by atoms with Gasteiger partial charge in [0.1, 0.15) is 11.2 Å². The molecule has 0 spiro atoms. The van der Waals surface area contributed by atoms with Crippen LogP contribution < -0.4 is 20.8 Å². The van der Waals surface area contributed by atoms with Crippen LogP contribution in [-0.2, 0) is 27.1 Å². The lowest BCUT2D eigenvalue weighted by Crippen LogP contribution is -2.61. The van der Waals surface area contributed by atoms with E-state index in [4.69, 9.17) is 4.42 Å². The van der Waals surface area contributed by atoms with Crippen molar-refractivity contribution in [2.45, 2.75) is 117 Å². The lowest BCUT2D eigenvalue weighted by atomic mass is 9.45. The highest BCUT2D eigenvalue weighted by molar-refractivity contribution is 6.93. The predicted molar refractivity (Wildman–Crippen MR) is 281 cm³/mol. The molecule has 2 aliphatic heterocycles. The fourth-order valence-corrected chi connectivity index (χ4v) is 12.2. The molecular formula is C62H61BN2O. The van der Waals surface area contributed by atoms with Crippen LogP contribution in [0.25, 0.3) is 44.3 Å². The Balaban J connectivity index is 1.27. The molecule has 2 aliphatic carbocycles. The molecule has 0 amide bonds. The zero-order valence-electron chi connectivity index (χ0n) is 41.1. The lowest BCUT2D eigenvalue weighted by Gasteiger charge is -2.46. The average molecular weight is 861 g/mol. The van der Waals surface area contributed by atoms with E-state index < -0.39 is 0 Å². The van der Waals surface area contributed by atoms with Gasteiger partial charge in [-0.3, -0.25) is 0 Å². The second-order valence-corrected chi connectivity index (χ2v) is 23.8. The second kappa shape index (κ2) is 13.2. The third-order valence-corrected chi connectivity index (χ3v) is 15.9. The van der Waals surface area contributed by atoms with Gasteiger partial charge in [-0.05, 0) is 143 Å². The molecule has 7 aromatic carbocycles. The molecular weight excluding hydrogens is 800 g/mol. The number of nitrogens with zero attached hydrogens (tertiary/aromatic N) is 2. The van der Waals surface area contributed by atoms with Gasteiger partial charge in [0.25, 0.3) is 0 Å². The SMILES string of the molecule is CC(C)(C)c1ccc(N2B3c4oc5ccc(C(C)(C)C)cc5c4N(c4ccc(C(C)(C)C)cc4)c4cc5c(c(c43)-c3cc4c(cc32)C(C)(C)c2ccccc2-4)C(C)(C)c2ccccc2-5)cc1. The summed E-state index contributed by atoms with van der Waals surface area (Å²) in [5, 5.41) is 1.14. The van der Waals surface area contributed by atoms with Gasteiger partial charge >= 0.3 is 6.85 Å². The van der Waals surface area contributed by atoms with Crippen LogP contribution in [-0.4, -0.2) is 6.85 Å². The van der Waals surface area contributed by atoms with E-state index in [1.807, 2.05) is 0 Å². The molecule has 0 N–H and O–H groups in total. The number of hydrogen-bond donors (Lipinski definition) is 0. The average Bonchev–Trinajstić information content (AvgIpc) is 3.84. The van der Waals surface area contributed by atoms with Gasteiger partial charge in [0.2, 0.25) is 0 Å². The Morgan fingerprint density at radius 2 is 1.02 bits per heavy atom. The number of rotatable bonds is 2. The molecule has 0 unspecified atom stereocenters. The maximum absolute atomic E-state index is 7.52. The summed E-state index contributed by atoms with van der Waals surface area (Å²) in [5.41, 5.74) is 26.0. The van der Waals surface area contributed by atoms with E-state index in [9.17, 15) is 0 Å². The summed E-state index contributed by atoms with van der Waals surface area (Å²) in [6, 6.07) is 51.7. The highest BCUT2D eigenvalue weighted by atomic mass is 16.3. The quantitative estimate of drug-likeness (QED) is 0.161. The summed E-state index contributed by atoms with van der Waals surface area (Å²) >= 11 is 0. The van der Waals surface area contributed by atoms with Gasteiger partial charge in [-0.25, -0.2) is 0 Å². The van der Waals surface area contributed by atoms with Crippen LogP contribution in [0.2, 0.25) is 0 Å². The number of benzene rings is 7. The summed E-state index contributed by atoms with van der Waals surface area (Å²) < 4.78 is 7.52. The summed E-state index contributed by atoms with van der Waals surface area (Å²) in [6.45, 7) is 30.2. The van der Waals surface area contributed by atoms with Gasteiger partial charge < -0.3 is 14.1 Å². The largest absolute Gasteiger partial charge is 0.466 e. The van der Waals surface area contributed by atoms with Crippen molar-refractivity contribution in [1.29, 1.82) is 0 Å². The van der Waals surface area contributed by atoms with Crippen LogP contribution in [0, 0.1) is 0 Å². The van der Waals surface area contributed by atoms with Gasteiger partial charge in [0.05, 0.1) is 5.69 Å². The van der Waals surface area contributed by atoms with E-state index in [-0.39, 0.29) is 33.9 Å². The molecule has 0 radical (unpaired) electrons. The van der Waals surface area contributed by atoms with E-state index >= 15 is 0 Å². The molecule has 3 nitrogen and oxygen atoms in total. The first-order chi connectivity index (χ1) is 31.2. The van der Waals surface area contributed by atoms with E-state index in [0.29, 0.717) is 0 Å². The molecule has 1 aromatic heterocycles. The fraction of sp³-hybridized carbons (Fsp3) is 0.290. The number of furan rings is 1. The topological polar surface area (TPSA) is 19.6 Å². The van der Waals surface area contributed by atoms with Crippen LogP contribution in [0.1, 0.15) is 129 Å². The van der Waals surface area contributed by atoms with Gasteiger partial charge in [0, 0.05) is 44.5 Å². The van der Waals surface area contributed by atoms with E-state index in [0.717, 1.165) is 33.7 Å². The maximum Gasteiger partial charge on any atom is 0.375 e. The molecule has 3 heterocycles. The third kappa shape index (κ3) is 5.57. The lowest BCUT2D eigenvalue weighted by molar-refractivity contribution is 0.590. The standard InChI is InChI=1S/C62H61BN2O/c1-58(2,3)36-22-27-39(28-23-36)64-51-34-44-42-19-15-17-21-48(42)62(12,13)54(44)53-45-33-43-41-18-14-16-20-47(41)61(10,11)49(43)35-50(45)65(40-29-24-37(25-30-40)59(4,5)6)63(55(51)53)57-56(64)46-32-38(60(7,8)9)26-31-52(46)66-57/h14-35H,1-13H3. The third-order valence-electron chi connectivity index (χ3n) is 15.9. The molecule has 0 fully saturated rings. The Bertz CT molecular complexity index is 3360. The second-order valence-electron chi connectivity index (χ2n) is 23.8. The zero-order valence-corrected chi connectivity index (χ0v) is 41.1. The smallest absolute Gasteiger partial charge is 0.375 e. The van der Waals surface area contributed by atoms with Crippen molar-refractivity contribution in [2.75, 3.05) is 9.71 Å². The Hall–Kier alpha value is -6.26. The predicted octanol–water partition coefficient (Wildman–Crippen LogP) is 15.6. The van der Waals surface area contributed by atoms with Crippen LogP contribution in [0.4, 0.5) is 28.4 Å². The first-order valence-electron chi connectivity index (χ1n) is 24.1. The van der Waals surface area contributed by atoms with E-state index in [1.54, 1.807) is 0 Å². The molecule has 8 aromatic rings. The van der Waals surface area contributed by atoms with Crippen LogP contribution >= 0.6 is 0 Å². The van der Waals surface area contributed by atoms with Gasteiger partial charge in [-0.15, -0.1) is 0 Å². The van der Waals surface area contributed by atoms with Crippen molar-refractivity contribution >= 4 is 57.4 Å². The first kappa shape index (κ1) is 41.2. The summed E-state index contributed by atoms with van der Waals surface area (Å²) in [7, 11) is 0. The fourth-order valence-electron chi connectivity index (χ4n) is 12.2. The number of fused-ring (bicyclic) bond motifs is 13. The van der Waals surface area contributed by atoms with Crippen LogP contribution in [0.15, 0.2) is 138 Å². The summed E-state index contributed by atoms with van der Waals surface area (Å²) in [4.78, 5) is 5.22. The van der Waals surface area contributed by atoms with Crippen molar-refractivity contribution in [1.82, 2.24) is 0 Å². The Morgan fingerprint density at radius 3 is 1.62 bits per heavy atom. The van der Waals surface area contributed by atoms with Crippen LogP contribution in [0.5, 0.6) is 0 Å². The molecule has 328 valence electrons. The van der Waals surface area contributed by atoms with Gasteiger partial charge in [-0.2, -0.15) is 0 Å². The van der Waals surface area contributed by atoms with Crippen molar-refractivity contribution in [3.05, 3.63) is 172 Å². The van der Waals surface area contributed by atoms with Crippen molar-refractivity contribution < 1.29 is 4.42 Å². The molecule has 0 atom stereocenters. The minimum atomic E-state index is -0.264. The normalized spacial score (nSPS) is 16.1. The maximum atomic E-state index is 7.52. The van der Waals surface area contributed by atoms with Crippen molar-refractivity contribution in [3.63, 3.8) is 0 Å². The van der Waals surface area contributed by atoms with Gasteiger partial charge in [-0.1, -0.05) is 169 Å². The molecule has 0 saturated carbocycles. The molecule has 0 bridgehead atoms. The zero-order chi connectivity index (χ0) is 46.2. The van der Waals surface area contributed by atoms with E-state index in [1.165, 1.54) is 89.2 Å². The molecule has 12 rings (SSSR count). The highest BCUT2D eigenvalue weighted by Gasteiger charge is 2.53. The van der Waals surface area contributed by atoms with Crippen molar-refractivity contribution in [3.8, 4) is 33.4 Å². The van der Waals surface area contributed by atoms with E-state index in [2.05, 4.69) is 233 Å². The summed E-state index contributed by atoms with van der Waals surface area (Å²) in [6.07, 6.45) is 0. The number of anilines is 5. The Kier molecular flexibility index (Phi) is 8.25. The molecule has 0 saturated heterocycles. The Morgan fingerprint density at radius 1 is 0.470 bits per heavy atom. The van der Waals surface area contributed by atoms with Crippen molar-refractivity contribution in [2.24, 2.45) is 0 Å². The van der Waals surface area contributed by atoms with Gasteiger partial charge in [0.15, 0.2) is 0 Å². The molecule has 66 heavy (non-hydrogen) atoms.